The molecule has 19 heavy (non-hydrogen) atoms. The predicted molar refractivity (Wildman–Crippen MR) is 80.5 cm³/mol. The second-order valence-electron chi connectivity index (χ2n) is 4.23. The molecule has 0 bridgehead atoms. The van der Waals surface area contributed by atoms with Gasteiger partial charge in [0, 0.05) is 18.3 Å². The molecular weight excluding hydrogens is 263 g/mol. The number of amides is 1. The van der Waals surface area contributed by atoms with Crippen LogP contribution in [0.25, 0.3) is 0 Å². The number of halogens is 1. The number of hydrogen-bond donors (Lipinski definition) is 2. The highest BCUT2D eigenvalue weighted by Gasteiger charge is 2.16. The molecule has 1 rings (SSSR count). The van der Waals surface area contributed by atoms with Gasteiger partial charge in [-0.05, 0) is 31.7 Å². The monoisotopic (exact) mass is 284 g/mol. The van der Waals surface area contributed by atoms with E-state index in [2.05, 4.69) is 17.6 Å². The van der Waals surface area contributed by atoms with Gasteiger partial charge >= 0.3 is 0 Å². The van der Waals surface area contributed by atoms with Gasteiger partial charge in [-0.3, -0.25) is 4.79 Å². The van der Waals surface area contributed by atoms with Crippen LogP contribution >= 0.6 is 11.8 Å². The number of rotatable bonds is 7. The molecule has 5 heteroatoms. The third kappa shape index (κ3) is 4.74. The van der Waals surface area contributed by atoms with Gasteiger partial charge in [0.2, 0.25) is 0 Å². The Morgan fingerprint density at radius 3 is 2.79 bits per heavy atom. The third-order valence-electron chi connectivity index (χ3n) is 2.56. The average molecular weight is 284 g/mol. The molecule has 0 heterocycles. The van der Waals surface area contributed by atoms with Crippen LogP contribution in [0.3, 0.4) is 0 Å². The summed E-state index contributed by atoms with van der Waals surface area (Å²) < 4.78 is 13.7. The Morgan fingerprint density at radius 1 is 1.42 bits per heavy atom. The third-order valence-corrected chi connectivity index (χ3v) is 3.71. The molecule has 1 atom stereocenters. The minimum Gasteiger partial charge on any atom is -0.382 e. The minimum absolute atomic E-state index is 0.0650. The Labute approximate surface area is 118 Å². The van der Waals surface area contributed by atoms with E-state index in [0.29, 0.717) is 12.1 Å². The van der Waals surface area contributed by atoms with E-state index in [9.17, 15) is 9.18 Å². The van der Waals surface area contributed by atoms with Crippen molar-refractivity contribution in [1.29, 1.82) is 0 Å². The van der Waals surface area contributed by atoms with E-state index < -0.39 is 5.82 Å². The summed E-state index contributed by atoms with van der Waals surface area (Å²) in [6, 6.07) is 4.60. The summed E-state index contributed by atoms with van der Waals surface area (Å²) in [6.07, 6.45) is 0. The first kappa shape index (κ1) is 15.8. The summed E-state index contributed by atoms with van der Waals surface area (Å²) in [5.74, 6) is 1.24. The van der Waals surface area contributed by atoms with E-state index in [0.717, 1.165) is 11.5 Å². The number of para-hydroxylation sites is 1. The molecular formula is C14H21FN2OS. The van der Waals surface area contributed by atoms with Gasteiger partial charge < -0.3 is 10.6 Å². The second-order valence-corrected chi connectivity index (χ2v) is 5.55. The van der Waals surface area contributed by atoms with Gasteiger partial charge in [-0.2, -0.15) is 11.8 Å². The van der Waals surface area contributed by atoms with Crippen molar-refractivity contribution in [3.05, 3.63) is 29.6 Å². The van der Waals surface area contributed by atoms with E-state index in [-0.39, 0.29) is 17.6 Å². The van der Waals surface area contributed by atoms with Gasteiger partial charge in [-0.25, -0.2) is 4.39 Å². The lowest BCUT2D eigenvalue weighted by atomic mass is 10.1. The SMILES string of the molecule is CCNc1c(F)cccc1C(=O)NC(C)CSCC. The molecule has 0 aliphatic carbocycles. The Kier molecular flexibility index (Phi) is 6.70. The largest absolute Gasteiger partial charge is 0.382 e. The van der Waals surface area contributed by atoms with Crippen molar-refractivity contribution in [2.75, 3.05) is 23.4 Å². The first-order valence-corrected chi connectivity index (χ1v) is 7.66. The van der Waals surface area contributed by atoms with Crippen molar-refractivity contribution in [2.24, 2.45) is 0 Å². The van der Waals surface area contributed by atoms with E-state index in [1.807, 2.05) is 13.8 Å². The van der Waals surface area contributed by atoms with Crippen LogP contribution in [-0.4, -0.2) is 30.0 Å². The first-order chi connectivity index (χ1) is 9.10. The van der Waals surface area contributed by atoms with Crippen LogP contribution in [0.2, 0.25) is 0 Å². The van der Waals surface area contributed by atoms with E-state index in [1.54, 1.807) is 23.9 Å². The van der Waals surface area contributed by atoms with Crippen LogP contribution in [0.15, 0.2) is 18.2 Å². The number of benzene rings is 1. The predicted octanol–water partition coefficient (Wildman–Crippen LogP) is 3.13. The maximum Gasteiger partial charge on any atom is 0.253 e. The van der Waals surface area contributed by atoms with Gasteiger partial charge in [0.05, 0.1) is 11.3 Å². The molecule has 0 aliphatic heterocycles. The molecule has 1 aromatic rings. The summed E-state index contributed by atoms with van der Waals surface area (Å²) in [7, 11) is 0. The fourth-order valence-corrected chi connectivity index (χ4v) is 2.38. The summed E-state index contributed by atoms with van der Waals surface area (Å²) in [4.78, 5) is 12.1. The number of carbonyl (C=O) groups is 1. The Morgan fingerprint density at radius 2 is 2.16 bits per heavy atom. The summed E-state index contributed by atoms with van der Waals surface area (Å²) in [5, 5.41) is 5.79. The van der Waals surface area contributed by atoms with Crippen LogP contribution in [0.1, 0.15) is 31.1 Å². The molecule has 2 N–H and O–H groups in total. The molecule has 0 aliphatic rings. The molecule has 1 amide bonds. The first-order valence-electron chi connectivity index (χ1n) is 6.51. The zero-order valence-electron chi connectivity index (χ0n) is 11.6. The highest BCUT2D eigenvalue weighted by Crippen LogP contribution is 2.19. The van der Waals surface area contributed by atoms with Crippen molar-refractivity contribution in [1.82, 2.24) is 5.32 Å². The maximum absolute atomic E-state index is 13.7. The maximum atomic E-state index is 13.7. The normalized spacial score (nSPS) is 12.0. The molecule has 0 saturated heterocycles. The van der Waals surface area contributed by atoms with E-state index >= 15 is 0 Å². The van der Waals surface area contributed by atoms with E-state index in [4.69, 9.17) is 0 Å². The van der Waals surface area contributed by atoms with Gasteiger partial charge in [0.15, 0.2) is 0 Å². The van der Waals surface area contributed by atoms with E-state index in [1.165, 1.54) is 6.07 Å². The lowest BCUT2D eigenvalue weighted by Crippen LogP contribution is -2.34. The molecule has 0 spiro atoms. The van der Waals surface area contributed by atoms with Crippen molar-refractivity contribution in [3.63, 3.8) is 0 Å². The van der Waals surface area contributed by atoms with Crippen LogP contribution in [0.5, 0.6) is 0 Å². The van der Waals surface area contributed by atoms with Crippen molar-refractivity contribution < 1.29 is 9.18 Å². The fraction of sp³-hybridized carbons (Fsp3) is 0.500. The zero-order valence-corrected chi connectivity index (χ0v) is 12.4. The van der Waals surface area contributed by atoms with Crippen molar-refractivity contribution in [2.45, 2.75) is 26.8 Å². The van der Waals surface area contributed by atoms with Crippen molar-refractivity contribution in [3.8, 4) is 0 Å². The summed E-state index contributed by atoms with van der Waals surface area (Å²) >= 11 is 1.77. The van der Waals surface area contributed by atoms with Gasteiger partial charge in [0.25, 0.3) is 5.91 Å². The smallest absolute Gasteiger partial charge is 0.253 e. The fourth-order valence-electron chi connectivity index (χ4n) is 1.71. The molecule has 1 unspecified atom stereocenters. The summed E-state index contributed by atoms with van der Waals surface area (Å²) in [5.41, 5.74) is 0.632. The Balaban J connectivity index is 2.78. The summed E-state index contributed by atoms with van der Waals surface area (Å²) in [6.45, 7) is 6.47. The van der Waals surface area contributed by atoms with Crippen LogP contribution < -0.4 is 10.6 Å². The number of anilines is 1. The highest BCUT2D eigenvalue weighted by atomic mass is 32.2. The van der Waals surface area contributed by atoms with Gasteiger partial charge in [-0.15, -0.1) is 0 Å². The number of thioether (sulfide) groups is 1. The quantitative estimate of drug-likeness (QED) is 0.808. The molecule has 3 nitrogen and oxygen atoms in total. The van der Waals surface area contributed by atoms with Crippen LogP contribution in [-0.2, 0) is 0 Å². The second kappa shape index (κ2) is 8.04. The molecule has 0 saturated carbocycles. The topological polar surface area (TPSA) is 41.1 Å². The standard InChI is InChI=1S/C14H21FN2OS/c1-4-16-13-11(7-6-8-12(13)15)14(18)17-10(3)9-19-5-2/h6-8,10,16H,4-5,9H2,1-3H3,(H,17,18). The Bertz CT molecular complexity index is 426. The minimum atomic E-state index is -0.398. The number of hydrogen-bond acceptors (Lipinski definition) is 3. The highest BCUT2D eigenvalue weighted by molar-refractivity contribution is 7.99. The van der Waals surface area contributed by atoms with Crippen LogP contribution in [0, 0.1) is 5.82 Å². The molecule has 0 aromatic heterocycles. The molecule has 0 radical (unpaired) electrons. The Hall–Kier alpha value is -1.23. The zero-order chi connectivity index (χ0) is 14.3. The molecule has 106 valence electrons. The lowest BCUT2D eigenvalue weighted by Gasteiger charge is -2.16. The van der Waals surface area contributed by atoms with Gasteiger partial charge in [-0.1, -0.05) is 13.0 Å². The number of nitrogens with one attached hydrogen (secondary N) is 2. The number of carbonyl (C=O) groups excluding carboxylic acids is 1. The lowest BCUT2D eigenvalue weighted by molar-refractivity contribution is 0.0944. The molecule has 0 fully saturated rings. The average Bonchev–Trinajstić information content (AvgIpc) is 2.38. The van der Waals surface area contributed by atoms with Crippen molar-refractivity contribution >= 4 is 23.4 Å². The van der Waals surface area contributed by atoms with Gasteiger partial charge in [0.1, 0.15) is 5.82 Å². The van der Waals surface area contributed by atoms with Crippen LogP contribution in [0.4, 0.5) is 10.1 Å². The molecule has 1 aromatic carbocycles.